The Morgan fingerprint density at radius 3 is 2.07 bits per heavy atom. The first-order valence-corrected chi connectivity index (χ1v) is 16.4. The average Bonchev–Trinajstić information content (AvgIpc) is 3.01. The van der Waals surface area contributed by atoms with Gasteiger partial charge in [0.25, 0.3) is 0 Å². The Morgan fingerprint density at radius 1 is 0.707 bits per heavy atom. The van der Waals surface area contributed by atoms with Gasteiger partial charge in [0.05, 0.1) is 5.69 Å². The molecule has 1 heterocycles. The van der Waals surface area contributed by atoms with E-state index in [0.717, 1.165) is 42.8 Å². The monoisotopic (exact) mass is 556 g/mol. The molecule has 0 spiro atoms. The molecule has 0 fully saturated rings. The van der Waals surface area contributed by atoms with Crippen LogP contribution in [0.3, 0.4) is 0 Å². The first kappa shape index (κ1) is 32.5. The van der Waals surface area contributed by atoms with Gasteiger partial charge in [0.15, 0.2) is 0 Å². The Morgan fingerprint density at radius 2 is 1.37 bits per heavy atom. The average molecular weight is 557 g/mol. The van der Waals surface area contributed by atoms with Crippen LogP contribution in [0.1, 0.15) is 134 Å². The van der Waals surface area contributed by atoms with Gasteiger partial charge in [-0.05, 0) is 68.0 Å². The van der Waals surface area contributed by atoms with Gasteiger partial charge in [0.2, 0.25) is 0 Å². The number of aryl methyl sites for hydroxylation is 1. The van der Waals surface area contributed by atoms with Gasteiger partial charge in [-0.25, -0.2) is 9.97 Å². The molecule has 3 rings (SSSR count). The summed E-state index contributed by atoms with van der Waals surface area (Å²) in [5.74, 6) is 1.84. The van der Waals surface area contributed by atoms with Gasteiger partial charge >= 0.3 is 5.97 Å². The normalized spacial score (nSPS) is 11.9. The molecule has 1 atom stereocenters. The number of aromatic nitrogens is 2. The molecule has 41 heavy (non-hydrogen) atoms. The minimum atomic E-state index is -0.145. The van der Waals surface area contributed by atoms with Crippen molar-refractivity contribution < 1.29 is 9.53 Å². The zero-order valence-electron chi connectivity index (χ0n) is 25.7. The minimum absolute atomic E-state index is 0.145. The number of rotatable bonds is 21. The second-order valence-electron chi connectivity index (χ2n) is 11.4. The van der Waals surface area contributed by atoms with E-state index in [9.17, 15) is 4.79 Å². The number of esters is 1. The van der Waals surface area contributed by atoms with Crippen LogP contribution >= 0.6 is 0 Å². The lowest BCUT2D eigenvalue weighted by molar-refractivity contribution is -0.134. The molecule has 0 aliphatic heterocycles. The fraction of sp³-hybridized carbons (Fsp3) is 0.541. The molecule has 0 saturated heterocycles. The molecular weight excluding hydrogens is 504 g/mol. The number of ether oxygens (including phenoxy) is 1. The summed E-state index contributed by atoms with van der Waals surface area (Å²) in [5.41, 5.74) is 3.40. The lowest BCUT2D eigenvalue weighted by Gasteiger charge is -2.16. The molecule has 0 aliphatic carbocycles. The van der Waals surface area contributed by atoms with Gasteiger partial charge in [0, 0.05) is 24.1 Å². The Kier molecular flexibility index (Phi) is 15.8. The number of hydrogen-bond donors (Lipinski definition) is 0. The Labute approximate surface area is 249 Å². The maximum atomic E-state index is 12.4. The van der Waals surface area contributed by atoms with Crippen molar-refractivity contribution in [3.63, 3.8) is 0 Å². The van der Waals surface area contributed by atoms with Crippen molar-refractivity contribution in [3.8, 4) is 17.0 Å². The molecule has 3 aromatic rings. The third kappa shape index (κ3) is 13.0. The molecule has 0 radical (unpaired) electrons. The van der Waals surface area contributed by atoms with E-state index in [0.29, 0.717) is 18.1 Å². The third-order valence-corrected chi connectivity index (χ3v) is 7.92. The molecule has 222 valence electrons. The highest BCUT2D eigenvalue weighted by Gasteiger charge is 2.15. The number of unbranched alkanes of at least 4 members (excludes halogenated alkanes) is 10. The van der Waals surface area contributed by atoms with Crippen LogP contribution in [0.4, 0.5) is 0 Å². The standard InChI is InChI=1S/C37H52N2O2/c1-3-5-14-23-33(22-6-4-2)37-38-30-29-35(39-37)32-25-27-34(28-26-32)41-36(40)24-18-12-10-8-7-9-11-15-19-31-20-16-13-17-21-31/h13,16-17,20-21,25-30,33H,3-12,14-15,18-19,22-24H2,1-2H3. The topological polar surface area (TPSA) is 52.1 Å². The van der Waals surface area contributed by atoms with E-state index in [1.165, 1.54) is 82.6 Å². The summed E-state index contributed by atoms with van der Waals surface area (Å²) in [6.07, 6.45) is 21.6. The Hall–Kier alpha value is -3.01. The van der Waals surface area contributed by atoms with E-state index in [1.807, 2.05) is 36.5 Å². The van der Waals surface area contributed by atoms with E-state index in [-0.39, 0.29) is 5.97 Å². The molecule has 1 aromatic heterocycles. The summed E-state index contributed by atoms with van der Waals surface area (Å²) in [5, 5.41) is 0. The van der Waals surface area contributed by atoms with Crippen LogP contribution in [0.2, 0.25) is 0 Å². The summed E-state index contributed by atoms with van der Waals surface area (Å²) in [7, 11) is 0. The zero-order valence-corrected chi connectivity index (χ0v) is 25.7. The maximum absolute atomic E-state index is 12.4. The molecule has 0 bridgehead atoms. The molecule has 0 N–H and O–H groups in total. The smallest absolute Gasteiger partial charge is 0.311 e. The molecular formula is C37H52N2O2. The minimum Gasteiger partial charge on any atom is -0.427 e. The first-order valence-electron chi connectivity index (χ1n) is 16.4. The molecule has 4 heteroatoms. The Balaban J connectivity index is 1.33. The second-order valence-corrected chi connectivity index (χ2v) is 11.4. The highest BCUT2D eigenvalue weighted by Crippen LogP contribution is 2.28. The summed E-state index contributed by atoms with van der Waals surface area (Å²) < 4.78 is 5.60. The van der Waals surface area contributed by atoms with Crippen molar-refractivity contribution in [2.24, 2.45) is 0 Å². The number of benzene rings is 2. The second kappa shape index (κ2) is 20.0. The molecule has 4 nitrogen and oxygen atoms in total. The lowest BCUT2D eigenvalue weighted by atomic mass is 9.94. The van der Waals surface area contributed by atoms with Crippen molar-refractivity contribution in [3.05, 3.63) is 78.2 Å². The van der Waals surface area contributed by atoms with Crippen molar-refractivity contribution >= 4 is 5.97 Å². The number of carbonyl (C=O) groups is 1. The van der Waals surface area contributed by atoms with Crippen molar-refractivity contribution in [2.45, 2.75) is 129 Å². The number of carbonyl (C=O) groups excluding carboxylic acids is 1. The fourth-order valence-corrected chi connectivity index (χ4v) is 5.41. The highest BCUT2D eigenvalue weighted by atomic mass is 16.5. The van der Waals surface area contributed by atoms with Crippen LogP contribution in [-0.2, 0) is 11.2 Å². The van der Waals surface area contributed by atoms with Gasteiger partial charge in [-0.15, -0.1) is 0 Å². The van der Waals surface area contributed by atoms with E-state index >= 15 is 0 Å². The molecule has 2 aromatic carbocycles. The van der Waals surface area contributed by atoms with Gasteiger partial charge in [-0.1, -0.05) is 115 Å². The highest BCUT2D eigenvalue weighted by molar-refractivity contribution is 5.72. The summed E-state index contributed by atoms with van der Waals surface area (Å²) in [6.45, 7) is 4.49. The van der Waals surface area contributed by atoms with Crippen LogP contribution in [0.5, 0.6) is 5.75 Å². The van der Waals surface area contributed by atoms with Crippen molar-refractivity contribution in [1.82, 2.24) is 9.97 Å². The van der Waals surface area contributed by atoms with Gasteiger partial charge < -0.3 is 4.74 Å². The summed E-state index contributed by atoms with van der Waals surface area (Å²) >= 11 is 0. The van der Waals surface area contributed by atoms with Crippen molar-refractivity contribution in [1.29, 1.82) is 0 Å². The zero-order chi connectivity index (χ0) is 29.0. The molecule has 0 amide bonds. The van der Waals surface area contributed by atoms with Crippen LogP contribution in [0, 0.1) is 0 Å². The van der Waals surface area contributed by atoms with Crippen LogP contribution in [0.25, 0.3) is 11.3 Å². The number of nitrogens with zero attached hydrogens (tertiary/aromatic N) is 2. The van der Waals surface area contributed by atoms with Crippen molar-refractivity contribution in [2.75, 3.05) is 0 Å². The lowest BCUT2D eigenvalue weighted by Crippen LogP contribution is -2.07. The quantitative estimate of drug-likeness (QED) is 0.0744. The molecule has 0 saturated carbocycles. The Bertz CT molecular complexity index is 1100. The maximum Gasteiger partial charge on any atom is 0.311 e. The fourth-order valence-electron chi connectivity index (χ4n) is 5.41. The van der Waals surface area contributed by atoms with Gasteiger partial charge in [0.1, 0.15) is 11.6 Å². The summed E-state index contributed by atoms with van der Waals surface area (Å²) in [6, 6.07) is 20.5. The van der Waals surface area contributed by atoms with Gasteiger partial charge in [-0.2, -0.15) is 0 Å². The number of hydrogen-bond acceptors (Lipinski definition) is 4. The summed E-state index contributed by atoms with van der Waals surface area (Å²) in [4.78, 5) is 22.0. The largest absolute Gasteiger partial charge is 0.427 e. The van der Waals surface area contributed by atoms with E-state index in [2.05, 4.69) is 49.2 Å². The van der Waals surface area contributed by atoms with E-state index in [4.69, 9.17) is 9.72 Å². The molecule has 0 aliphatic rings. The predicted molar refractivity (Wildman–Crippen MR) is 171 cm³/mol. The SMILES string of the molecule is CCCCCC(CCCC)c1nccc(-c2ccc(OC(=O)CCCCCCCCCCc3ccccc3)cc2)n1. The van der Waals surface area contributed by atoms with Crippen LogP contribution in [0.15, 0.2) is 66.9 Å². The van der Waals surface area contributed by atoms with Crippen LogP contribution < -0.4 is 4.74 Å². The van der Waals surface area contributed by atoms with Crippen LogP contribution in [-0.4, -0.2) is 15.9 Å². The predicted octanol–water partition coefficient (Wildman–Crippen LogP) is 10.7. The molecule has 1 unspecified atom stereocenters. The third-order valence-electron chi connectivity index (χ3n) is 7.92. The van der Waals surface area contributed by atoms with Gasteiger partial charge in [-0.3, -0.25) is 4.79 Å². The van der Waals surface area contributed by atoms with E-state index in [1.54, 1.807) is 0 Å². The first-order chi connectivity index (χ1) is 20.2. The van der Waals surface area contributed by atoms with E-state index < -0.39 is 0 Å².